The maximum atomic E-state index is 13.5. The minimum Gasteiger partial charge on any atom is -0.459 e. The van der Waals surface area contributed by atoms with Gasteiger partial charge in [-0.1, -0.05) is 12.1 Å². The Kier molecular flexibility index (Phi) is 3.27. The van der Waals surface area contributed by atoms with Gasteiger partial charge < -0.3 is 9.64 Å². The van der Waals surface area contributed by atoms with Crippen molar-refractivity contribution in [3.8, 4) is 0 Å². The smallest absolute Gasteiger partial charge is 0.341 e. The fourth-order valence-electron chi connectivity index (χ4n) is 3.30. The highest BCUT2D eigenvalue weighted by Crippen LogP contribution is 2.35. The van der Waals surface area contributed by atoms with Gasteiger partial charge in [0.2, 0.25) is 0 Å². The van der Waals surface area contributed by atoms with Crippen molar-refractivity contribution in [1.82, 2.24) is 4.90 Å². The molecule has 0 amide bonds. The zero-order valence-electron chi connectivity index (χ0n) is 11.0. The first kappa shape index (κ1) is 12.6. The average Bonchev–Trinajstić information content (AvgIpc) is 2.63. The molecule has 3 atom stereocenters. The van der Waals surface area contributed by atoms with Gasteiger partial charge in [0.05, 0.1) is 5.56 Å². The van der Waals surface area contributed by atoms with Crippen molar-refractivity contribution in [2.75, 3.05) is 7.05 Å². The number of carbonyl (C=O) groups is 1. The Labute approximate surface area is 112 Å². The van der Waals surface area contributed by atoms with E-state index in [1.807, 2.05) is 0 Å². The van der Waals surface area contributed by atoms with Crippen LogP contribution in [-0.4, -0.2) is 36.1 Å². The lowest BCUT2D eigenvalue weighted by Gasteiger charge is -2.35. The maximum Gasteiger partial charge on any atom is 0.341 e. The van der Waals surface area contributed by atoms with E-state index in [-0.39, 0.29) is 11.7 Å². The molecular formula is C15H18FNO2. The lowest BCUT2D eigenvalue weighted by atomic mass is 10.0. The number of nitrogens with zero attached hydrogens (tertiary/aromatic N) is 1. The molecule has 0 spiro atoms. The van der Waals surface area contributed by atoms with E-state index in [9.17, 15) is 9.18 Å². The largest absolute Gasteiger partial charge is 0.459 e. The van der Waals surface area contributed by atoms with Crippen LogP contribution in [0.25, 0.3) is 0 Å². The SMILES string of the molecule is CN1[C@@H]2CC[C@H]1CC(OC(=O)c1ccccc1F)C2. The van der Waals surface area contributed by atoms with Crippen molar-refractivity contribution < 1.29 is 13.9 Å². The van der Waals surface area contributed by atoms with Crippen LogP contribution < -0.4 is 0 Å². The Morgan fingerprint density at radius 1 is 1.26 bits per heavy atom. The molecule has 0 N–H and O–H groups in total. The summed E-state index contributed by atoms with van der Waals surface area (Å²) in [7, 11) is 2.14. The fraction of sp³-hybridized carbons (Fsp3) is 0.533. The average molecular weight is 263 g/mol. The highest BCUT2D eigenvalue weighted by Gasteiger charge is 2.40. The number of ether oxygens (including phenoxy) is 1. The third kappa shape index (κ3) is 2.37. The molecule has 0 aliphatic carbocycles. The van der Waals surface area contributed by atoms with Crippen molar-refractivity contribution in [3.05, 3.63) is 35.6 Å². The van der Waals surface area contributed by atoms with Crippen LogP contribution in [-0.2, 0) is 4.74 Å². The number of benzene rings is 1. The molecule has 0 aromatic heterocycles. The van der Waals surface area contributed by atoms with Gasteiger partial charge in [-0.15, -0.1) is 0 Å². The molecule has 2 aliphatic heterocycles. The van der Waals surface area contributed by atoms with Crippen molar-refractivity contribution in [2.24, 2.45) is 0 Å². The summed E-state index contributed by atoms with van der Waals surface area (Å²) in [5, 5.41) is 0. The second-order valence-electron chi connectivity index (χ2n) is 5.53. The van der Waals surface area contributed by atoms with Gasteiger partial charge in [-0.05, 0) is 32.0 Å². The highest BCUT2D eigenvalue weighted by molar-refractivity contribution is 5.89. The molecule has 1 aromatic carbocycles. The monoisotopic (exact) mass is 263 g/mol. The fourth-order valence-corrected chi connectivity index (χ4v) is 3.30. The minimum absolute atomic E-state index is 0.0359. The Morgan fingerprint density at radius 2 is 1.89 bits per heavy atom. The van der Waals surface area contributed by atoms with E-state index in [1.165, 1.54) is 25.0 Å². The lowest BCUT2D eigenvalue weighted by Crippen LogP contribution is -2.43. The first-order valence-electron chi connectivity index (χ1n) is 6.82. The Balaban J connectivity index is 1.67. The summed E-state index contributed by atoms with van der Waals surface area (Å²) < 4.78 is 19.0. The van der Waals surface area contributed by atoms with Crippen LogP contribution in [0.5, 0.6) is 0 Å². The summed E-state index contributed by atoms with van der Waals surface area (Å²) in [6.45, 7) is 0. The Bertz CT molecular complexity index is 477. The predicted octanol–water partition coefficient (Wildman–Crippen LogP) is 2.61. The summed E-state index contributed by atoms with van der Waals surface area (Å²) in [6, 6.07) is 7.00. The van der Waals surface area contributed by atoms with Crippen LogP contribution in [0.3, 0.4) is 0 Å². The maximum absolute atomic E-state index is 13.5. The number of hydrogen-bond acceptors (Lipinski definition) is 3. The van der Waals surface area contributed by atoms with E-state index in [0.29, 0.717) is 12.1 Å². The van der Waals surface area contributed by atoms with Crippen LogP contribution >= 0.6 is 0 Å². The number of hydrogen-bond donors (Lipinski definition) is 0. The van der Waals surface area contributed by atoms with Crippen LogP contribution in [0.1, 0.15) is 36.0 Å². The minimum atomic E-state index is -0.535. The third-order valence-electron chi connectivity index (χ3n) is 4.42. The second kappa shape index (κ2) is 4.93. The standard InChI is InChI=1S/C15H18FNO2/c1-17-10-6-7-11(17)9-12(8-10)19-15(18)13-4-2-3-5-14(13)16/h2-5,10-12H,6-9H2,1H3/t10-,11+,12?. The zero-order valence-corrected chi connectivity index (χ0v) is 11.0. The van der Waals surface area contributed by atoms with Crippen LogP contribution in [0, 0.1) is 5.82 Å². The van der Waals surface area contributed by atoms with Gasteiger partial charge in [-0.25, -0.2) is 9.18 Å². The highest BCUT2D eigenvalue weighted by atomic mass is 19.1. The number of halogens is 1. The normalized spacial score (nSPS) is 30.3. The van der Waals surface area contributed by atoms with E-state index in [4.69, 9.17) is 4.74 Å². The van der Waals surface area contributed by atoms with Crippen LogP contribution in [0.2, 0.25) is 0 Å². The van der Waals surface area contributed by atoms with Gasteiger partial charge in [0, 0.05) is 24.9 Å². The molecule has 2 bridgehead atoms. The van der Waals surface area contributed by atoms with Gasteiger partial charge in [-0.3, -0.25) is 0 Å². The predicted molar refractivity (Wildman–Crippen MR) is 69.4 cm³/mol. The van der Waals surface area contributed by atoms with E-state index in [0.717, 1.165) is 12.8 Å². The van der Waals surface area contributed by atoms with Gasteiger partial charge in [0.25, 0.3) is 0 Å². The molecule has 2 aliphatic rings. The van der Waals surface area contributed by atoms with Gasteiger partial charge in [-0.2, -0.15) is 0 Å². The van der Waals surface area contributed by atoms with Crippen molar-refractivity contribution >= 4 is 5.97 Å². The third-order valence-corrected chi connectivity index (χ3v) is 4.42. The number of piperidine rings is 1. The van der Waals surface area contributed by atoms with E-state index >= 15 is 0 Å². The van der Waals surface area contributed by atoms with Gasteiger partial charge in [0.1, 0.15) is 11.9 Å². The molecular weight excluding hydrogens is 245 g/mol. The molecule has 1 aromatic rings. The Hall–Kier alpha value is -1.42. The molecule has 2 saturated heterocycles. The van der Waals surface area contributed by atoms with E-state index in [2.05, 4.69) is 11.9 Å². The molecule has 3 nitrogen and oxygen atoms in total. The number of rotatable bonds is 2. The van der Waals surface area contributed by atoms with Crippen molar-refractivity contribution in [2.45, 2.75) is 43.9 Å². The van der Waals surface area contributed by atoms with Crippen molar-refractivity contribution in [3.63, 3.8) is 0 Å². The van der Waals surface area contributed by atoms with Gasteiger partial charge in [0.15, 0.2) is 0 Å². The summed E-state index contributed by atoms with van der Waals surface area (Å²) >= 11 is 0. The molecule has 4 heteroatoms. The molecule has 0 saturated carbocycles. The summed E-state index contributed by atoms with van der Waals surface area (Å²) in [6.07, 6.45) is 4.02. The first-order chi connectivity index (χ1) is 9.15. The molecule has 2 fully saturated rings. The van der Waals surface area contributed by atoms with Crippen molar-refractivity contribution in [1.29, 1.82) is 0 Å². The topological polar surface area (TPSA) is 29.5 Å². The molecule has 2 heterocycles. The number of fused-ring (bicyclic) bond motifs is 2. The molecule has 0 radical (unpaired) electrons. The first-order valence-corrected chi connectivity index (χ1v) is 6.82. The van der Waals surface area contributed by atoms with Gasteiger partial charge >= 0.3 is 5.97 Å². The molecule has 19 heavy (non-hydrogen) atoms. The quantitative estimate of drug-likeness (QED) is 0.768. The van der Waals surface area contributed by atoms with Crippen LogP contribution in [0.15, 0.2) is 24.3 Å². The second-order valence-corrected chi connectivity index (χ2v) is 5.53. The van der Waals surface area contributed by atoms with E-state index < -0.39 is 11.8 Å². The molecule has 3 rings (SSSR count). The lowest BCUT2D eigenvalue weighted by molar-refractivity contribution is -0.000832. The Morgan fingerprint density at radius 3 is 2.53 bits per heavy atom. The summed E-state index contributed by atoms with van der Waals surface area (Å²) in [4.78, 5) is 14.4. The molecule has 1 unspecified atom stereocenters. The van der Waals surface area contributed by atoms with E-state index in [1.54, 1.807) is 12.1 Å². The number of esters is 1. The summed E-state index contributed by atoms with van der Waals surface area (Å²) in [5.41, 5.74) is 0.0359. The van der Waals surface area contributed by atoms with Crippen LogP contribution in [0.4, 0.5) is 4.39 Å². The summed E-state index contributed by atoms with van der Waals surface area (Å²) in [5.74, 6) is -1.05. The molecule has 102 valence electrons. The number of carbonyl (C=O) groups excluding carboxylic acids is 1. The zero-order chi connectivity index (χ0) is 13.4.